The van der Waals surface area contributed by atoms with Gasteiger partial charge in [0.1, 0.15) is 11.6 Å². The Kier molecular flexibility index (Phi) is 4.22. The molecule has 1 rings (SSSR count). The van der Waals surface area contributed by atoms with E-state index in [1.807, 2.05) is 0 Å². The Bertz CT molecular complexity index is 517. The van der Waals surface area contributed by atoms with Gasteiger partial charge in [0.2, 0.25) is 5.91 Å². The van der Waals surface area contributed by atoms with Crippen LogP contribution in [0.15, 0.2) is 18.2 Å². The summed E-state index contributed by atoms with van der Waals surface area (Å²) in [5.41, 5.74) is -0.490. The first-order valence-corrected chi connectivity index (χ1v) is 5.18. The number of rotatable bonds is 4. The van der Waals surface area contributed by atoms with Gasteiger partial charge in [-0.3, -0.25) is 19.7 Å². The Hall–Kier alpha value is -2.15. The molecular weight excluding hydrogens is 264 g/mol. The molecule has 0 aromatic heterocycles. The number of carbonyl (C=O) groups excluding carboxylic acids is 1. The summed E-state index contributed by atoms with van der Waals surface area (Å²) in [6.45, 7) is 1.18. The highest BCUT2D eigenvalue weighted by molar-refractivity contribution is 6.31. The zero-order chi connectivity index (χ0) is 13.9. The van der Waals surface area contributed by atoms with E-state index >= 15 is 0 Å². The van der Waals surface area contributed by atoms with Crippen molar-refractivity contribution < 1.29 is 19.6 Å². The fourth-order valence-corrected chi connectivity index (χ4v) is 1.28. The Labute approximate surface area is 107 Å². The molecule has 0 aliphatic carbocycles. The molecular formula is C10H9ClN2O5. The van der Waals surface area contributed by atoms with Crippen LogP contribution in [0.3, 0.4) is 0 Å². The normalized spacial score (nSPS) is 11.7. The lowest BCUT2D eigenvalue weighted by Crippen LogP contribution is -2.27. The molecule has 0 bridgehead atoms. The maximum Gasteiger partial charge on any atom is 0.315 e. The molecule has 2 N–H and O–H groups in total. The van der Waals surface area contributed by atoms with Gasteiger partial charge in [-0.25, -0.2) is 0 Å². The molecule has 7 nitrogen and oxygen atoms in total. The van der Waals surface area contributed by atoms with E-state index in [1.165, 1.54) is 19.1 Å². The number of nitro benzene ring substituents is 1. The number of nitrogens with zero attached hydrogens (tertiary/aromatic N) is 1. The average Bonchev–Trinajstić information content (AvgIpc) is 2.29. The maximum atomic E-state index is 11.5. The van der Waals surface area contributed by atoms with Crippen molar-refractivity contribution in [3.63, 3.8) is 0 Å². The largest absolute Gasteiger partial charge is 0.481 e. The molecule has 8 heteroatoms. The third kappa shape index (κ3) is 3.17. The van der Waals surface area contributed by atoms with Gasteiger partial charge in [0, 0.05) is 11.1 Å². The molecule has 96 valence electrons. The third-order valence-corrected chi connectivity index (χ3v) is 2.41. The highest BCUT2D eigenvalue weighted by atomic mass is 35.5. The lowest BCUT2D eigenvalue weighted by Gasteiger charge is -2.08. The summed E-state index contributed by atoms with van der Waals surface area (Å²) >= 11 is 5.60. The summed E-state index contributed by atoms with van der Waals surface area (Å²) in [7, 11) is 0. The van der Waals surface area contributed by atoms with E-state index in [1.54, 1.807) is 0 Å². The maximum absolute atomic E-state index is 11.5. The zero-order valence-corrected chi connectivity index (χ0v) is 9.97. The van der Waals surface area contributed by atoms with Gasteiger partial charge in [-0.1, -0.05) is 11.6 Å². The Morgan fingerprint density at radius 3 is 2.61 bits per heavy atom. The van der Waals surface area contributed by atoms with E-state index in [9.17, 15) is 19.7 Å². The van der Waals surface area contributed by atoms with E-state index in [0.29, 0.717) is 0 Å². The van der Waals surface area contributed by atoms with Crippen LogP contribution in [0.1, 0.15) is 6.92 Å². The van der Waals surface area contributed by atoms with Gasteiger partial charge in [0.05, 0.1) is 4.92 Å². The second-order valence-electron chi connectivity index (χ2n) is 3.47. The number of anilines is 1. The molecule has 1 unspecified atom stereocenters. The minimum absolute atomic E-state index is 0.0949. The number of carbonyl (C=O) groups is 2. The average molecular weight is 273 g/mol. The predicted octanol–water partition coefficient (Wildman–Crippen LogP) is 1.91. The summed E-state index contributed by atoms with van der Waals surface area (Å²) in [6, 6.07) is 3.67. The molecule has 1 aromatic carbocycles. The Balaban J connectivity index is 3.01. The molecule has 18 heavy (non-hydrogen) atoms. The van der Waals surface area contributed by atoms with Gasteiger partial charge in [-0.15, -0.1) is 0 Å². The van der Waals surface area contributed by atoms with Gasteiger partial charge in [-0.2, -0.15) is 0 Å². The SMILES string of the molecule is CC(C(=O)O)C(=O)Nc1ccc(Cl)cc1[N+](=O)[O-]. The number of hydrogen-bond acceptors (Lipinski definition) is 4. The molecule has 0 saturated carbocycles. The molecule has 0 aliphatic heterocycles. The quantitative estimate of drug-likeness (QED) is 0.494. The first-order chi connectivity index (χ1) is 8.32. The summed E-state index contributed by atoms with van der Waals surface area (Å²) in [6.07, 6.45) is 0. The van der Waals surface area contributed by atoms with E-state index in [-0.39, 0.29) is 10.7 Å². The number of carboxylic acids is 1. The zero-order valence-electron chi connectivity index (χ0n) is 9.21. The van der Waals surface area contributed by atoms with E-state index < -0.39 is 28.4 Å². The third-order valence-electron chi connectivity index (χ3n) is 2.18. The Morgan fingerprint density at radius 1 is 1.50 bits per heavy atom. The molecule has 0 radical (unpaired) electrons. The van der Waals surface area contributed by atoms with Crippen LogP contribution in [0.5, 0.6) is 0 Å². The number of benzene rings is 1. The van der Waals surface area contributed by atoms with E-state index in [4.69, 9.17) is 16.7 Å². The minimum atomic E-state index is -1.32. The summed E-state index contributed by atoms with van der Waals surface area (Å²) in [4.78, 5) is 32.1. The second-order valence-corrected chi connectivity index (χ2v) is 3.90. The predicted molar refractivity (Wildman–Crippen MR) is 63.5 cm³/mol. The van der Waals surface area contributed by atoms with Crippen LogP contribution in [-0.2, 0) is 9.59 Å². The second kappa shape index (κ2) is 5.46. The van der Waals surface area contributed by atoms with Gasteiger partial charge in [-0.05, 0) is 19.1 Å². The molecule has 1 atom stereocenters. The fraction of sp³-hybridized carbons (Fsp3) is 0.200. The number of amides is 1. The van der Waals surface area contributed by atoms with Gasteiger partial charge < -0.3 is 10.4 Å². The summed E-state index contributed by atoms with van der Waals surface area (Å²) in [5, 5.41) is 21.7. The molecule has 1 amide bonds. The number of nitro groups is 1. The molecule has 0 heterocycles. The van der Waals surface area contributed by atoms with Crippen molar-refractivity contribution in [2.75, 3.05) is 5.32 Å². The van der Waals surface area contributed by atoms with Crippen molar-refractivity contribution in [3.05, 3.63) is 33.3 Å². The first-order valence-electron chi connectivity index (χ1n) is 4.80. The van der Waals surface area contributed by atoms with Crippen LogP contribution >= 0.6 is 11.6 Å². The van der Waals surface area contributed by atoms with Crippen molar-refractivity contribution in [2.24, 2.45) is 5.92 Å². The molecule has 1 aromatic rings. The fourth-order valence-electron chi connectivity index (χ4n) is 1.11. The van der Waals surface area contributed by atoms with Crippen LogP contribution in [0, 0.1) is 16.0 Å². The number of hydrogen-bond donors (Lipinski definition) is 2. The van der Waals surface area contributed by atoms with Crippen molar-refractivity contribution in [2.45, 2.75) is 6.92 Å². The summed E-state index contributed by atoms with van der Waals surface area (Å²) < 4.78 is 0. The van der Waals surface area contributed by atoms with Crippen LogP contribution in [0.25, 0.3) is 0 Å². The summed E-state index contributed by atoms with van der Waals surface area (Å²) in [5.74, 6) is -3.46. The number of carboxylic acid groups (broad SMARTS) is 1. The molecule has 0 aliphatic rings. The van der Waals surface area contributed by atoms with Crippen molar-refractivity contribution >= 4 is 34.9 Å². The topological polar surface area (TPSA) is 110 Å². The number of halogens is 1. The minimum Gasteiger partial charge on any atom is -0.481 e. The first kappa shape index (κ1) is 13.9. The van der Waals surface area contributed by atoms with Gasteiger partial charge >= 0.3 is 5.97 Å². The standard InChI is InChI=1S/C10H9ClN2O5/c1-5(10(15)16)9(14)12-7-3-2-6(11)4-8(7)13(17)18/h2-5H,1H3,(H,12,14)(H,15,16). The molecule has 0 fully saturated rings. The van der Waals surface area contributed by atoms with E-state index in [0.717, 1.165) is 6.07 Å². The number of aliphatic carboxylic acids is 1. The highest BCUT2D eigenvalue weighted by Gasteiger charge is 2.23. The van der Waals surface area contributed by atoms with E-state index in [2.05, 4.69) is 5.32 Å². The lowest BCUT2D eigenvalue weighted by molar-refractivity contribution is -0.383. The molecule has 0 spiro atoms. The molecule has 0 saturated heterocycles. The highest BCUT2D eigenvalue weighted by Crippen LogP contribution is 2.28. The lowest BCUT2D eigenvalue weighted by atomic mass is 10.1. The Morgan fingerprint density at radius 2 is 2.11 bits per heavy atom. The van der Waals surface area contributed by atoms with Crippen LogP contribution in [0.4, 0.5) is 11.4 Å². The monoisotopic (exact) mass is 272 g/mol. The van der Waals surface area contributed by atoms with Crippen LogP contribution in [-0.4, -0.2) is 21.9 Å². The van der Waals surface area contributed by atoms with Gasteiger partial charge in [0.15, 0.2) is 0 Å². The van der Waals surface area contributed by atoms with Crippen LogP contribution in [0.2, 0.25) is 5.02 Å². The van der Waals surface area contributed by atoms with Gasteiger partial charge in [0.25, 0.3) is 5.69 Å². The smallest absolute Gasteiger partial charge is 0.315 e. The van der Waals surface area contributed by atoms with Crippen LogP contribution < -0.4 is 5.32 Å². The van der Waals surface area contributed by atoms with Crippen molar-refractivity contribution in [3.8, 4) is 0 Å². The van der Waals surface area contributed by atoms with Crippen molar-refractivity contribution in [1.82, 2.24) is 0 Å². The number of nitrogens with one attached hydrogen (secondary N) is 1. The van der Waals surface area contributed by atoms with Crippen molar-refractivity contribution in [1.29, 1.82) is 0 Å².